The molecule has 21 heavy (non-hydrogen) atoms. The SMILES string of the molecule is Nc1cc(NC(=O)c2cccc3ncccc23)ccc1Cl. The van der Waals surface area contributed by atoms with Gasteiger partial charge in [-0.1, -0.05) is 23.7 Å². The molecule has 0 saturated heterocycles. The van der Waals surface area contributed by atoms with Gasteiger partial charge in [0.2, 0.25) is 0 Å². The van der Waals surface area contributed by atoms with Gasteiger partial charge in [0, 0.05) is 22.8 Å². The molecule has 3 rings (SSSR count). The van der Waals surface area contributed by atoms with Crippen molar-refractivity contribution >= 4 is 39.8 Å². The highest BCUT2D eigenvalue weighted by Crippen LogP contribution is 2.23. The summed E-state index contributed by atoms with van der Waals surface area (Å²) in [6.45, 7) is 0. The van der Waals surface area contributed by atoms with Crippen molar-refractivity contribution < 1.29 is 4.79 Å². The zero-order valence-corrected chi connectivity index (χ0v) is 11.8. The first kappa shape index (κ1) is 13.4. The van der Waals surface area contributed by atoms with Gasteiger partial charge in [0.15, 0.2) is 0 Å². The van der Waals surface area contributed by atoms with Crippen LogP contribution in [-0.4, -0.2) is 10.9 Å². The molecular formula is C16H12ClN3O. The van der Waals surface area contributed by atoms with Gasteiger partial charge in [0.1, 0.15) is 0 Å². The van der Waals surface area contributed by atoms with E-state index in [0.29, 0.717) is 22.0 Å². The molecule has 0 spiro atoms. The van der Waals surface area contributed by atoms with Crippen molar-refractivity contribution in [3.63, 3.8) is 0 Å². The zero-order chi connectivity index (χ0) is 14.8. The van der Waals surface area contributed by atoms with E-state index in [2.05, 4.69) is 10.3 Å². The Hall–Kier alpha value is -2.59. The van der Waals surface area contributed by atoms with Gasteiger partial charge in [-0.25, -0.2) is 0 Å². The minimum Gasteiger partial charge on any atom is -0.397 e. The van der Waals surface area contributed by atoms with Crippen molar-refractivity contribution in [1.29, 1.82) is 0 Å². The van der Waals surface area contributed by atoms with Gasteiger partial charge in [0.25, 0.3) is 5.91 Å². The molecule has 2 aromatic carbocycles. The first-order valence-electron chi connectivity index (χ1n) is 6.35. The number of nitrogens with two attached hydrogens (primary N) is 1. The maximum Gasteiger partial charge on any atom is 0.256 e. The van der Waals surface area contributed by atoms with E-state index in [1.165, 1.54) is 0 Å². The van der Waals surface area contributed by atoms with Crippen LogP contribution in [0.1, 0.15) is 10.4 Å². The molecule has 1 heterocycles. The van der Waals surface area contributed by atoms with Crippen LogP contribution < -0.4 is 11.1 Å². The summed E-state index contributed by atoms with van der Waals surface area (Å²) >= 11 is 5.87. The minimum atomic E-state index is -0.213. The first-order valence-corrected chi connectivity index (χ1v) is 6.73. The maximum absolute atomic E-state index is 12.4. The van der Waals surface area contributed by atoms with Crippen LogP contribution in [-0.2, 0) is 0 Å². The number of rotatable bonds is 2. The topological polar surface area (TPSA) is 68.0 Å². The monoisotopic (exact) mass is 297 g/mol. The Balaban J connectivity index is 1.95. The largest absolute Gasteiger partial charge is 0.397 e. The first-order chi connectivity index (χ1) is 10.1. The summed E-state index contributed by atoms with van der Waals surface area (Å²) < 4.78 is 0. The lowest BCUT2D eigenvalue weighted by atomic mass is 10.1. The quantitative estimate of drug-likeness (QED) is 0.708. The van der Waals surface area contributed by atoms with Gasteiger partial charge in [-0.05, 0) is 36.4 Å². The minimum absolute atomic E-state index is 0.213. The Kier molecular flexibility index (Phi) is 3.46. The fourth-order valence-electron chi connectivity index (χ4n) is 2.12. The number of carbonyl (C=O) groups excluding carboxylic acids is 1. The number of nitrogens with one attached hydrogen (secondary N) is 1. The lowest BCUT2D eigenvalue weighted by Crippen LogP contribution is -2.12. The number of anilines is 2. The van der Waals surface area contributed by atoms with E-state index in [1.54, 1.807) is 42.6 Å². The predicted octanol–water partition coefficient (Wildman–Crippen LogP) is 3.72. The second kappa shape index (κ2) is 5.42. The Morgan fingerprint density at radius 3 is 2.81 bits per heavy atom. The van der Waals surface area contributed by atoms with Crippen LogP contribution in [0.5, 0.6) is 0 Å². The van der Waals surface area contributed by atoms with E-state index in [-0.39, 0.29) is 5.91 Å². The molecule has 104 valence electrons. The number of carbonyl (C=O) groups is 1. The molecule has 1 amide bonds. The number of halogens is 1. The molecule has 4 nitrogen and oxygen atoms in total. The Labute approximate surface area is 126 Å². The molecular weight excluding hydrogens is 286 g/mol. The van der Waals surface area contributed by atoms with Crippen molar-refractivity contribution in [2.24, 2.45) is 0 Å². The average molecular weight is 298 g/mol. The van der Waals surface area contributed by atoms with Crippen LogP contribution in [0.3, 0.4) is 0 Å². The second-order valence-corrected chi connectivity index (χ2v) is 4.97. The number of pyridine rings is 1. The lowest BCUT2D eigenvalue weighted by molar-refractivity contribution is 0.102. The van der Waals surface area contributed by atoms with Crippen LogP contribution in [0.15, 0.2) is 54.7 Å². The second-order valence-electron chi connectivity index (χ2n) is 4.57. The van der Waals surface area contributed by atoms with Crippen LogP contribution in [0, 0.1) is 0 Å². The molecule has 3 N–H and O–H groups in total. The van der Waals surface area contributed by atoms with Gasteiger partial charge >= 0.3 is 0 Å². The van der Waals surface area contributed by atoms with Crippen molar-refractivity contribution in [2.75, 3.05) is 11.1 Å². The lowest BCUT2D eigenvalue weighted by Gasteiger charge is -2.09. The number of nitrogens with zero attached hydrogens (tertiary/aromatic N) is 1. The van der Waals surface area contributed by atoms with Crippen LogP contribution in [0.2, 0.25) is 5.02 Å². The molecule has 5 heteroatoms. The highest BCUT2D eigenvalue weighted by atomic mass is 35.5. The fraction of sp³-hybridized carbons (Fsp3) is 0. The molecule has 0 atom stereocenters. The predicted molar refractivity (Wildman–Crippen MR) is 85.6 cm³/mol. The molecule has 0 unspecified atom stereocenters. The Bertz CT molecular complexity index is 827. The van der Waals surface area contributed by atoms with E-state index in [0.717, 1.165) is 10.9 Å². The summed E-state index contributed by atoms with van der Waals surface area (Å²) in [6, 6.07) is 14.1. The van der Waals surface area contributed by atoms with E-state index >= 15 is 0 Å². The molecule has 0 fully saturated rings. The van der Waals surface area contributed by atoms with E-state index in [9.17, 15) is 4.79 Å². The summed E-state index contributed by atoms with van der Waals surface area (Å²) in [5, 5.41) is 4.08. The third kappa shape index (κ3) is 2.66. The number of hydrogen-bond donors (Lipinski definition) is 2. The van der Waals surface area contributed by atoms with Gasteiger partial charge in [-0.3, -0.25) is 9.78 Å². The zero-order valence-electron chi connectivity index (χ0n) is 11.0. The summed E-state index contributed by atoms with van der Waals surface area (Å²) in [6.07, 6.45) is 1.70. The standard InChI is InChI=1S/C16H12ClN3O/c17-13-7-6-10(9-14(13)18)20-16(21)12-3-1-5-15-11(12)4-2-8-19-15/h1-9H,18H2,(H,20,21). The number of benzene rings is 2. The van der Waals surface area contributed by atoms with Crippen LogP contribution in [0.25, 0.3) is 10.9 Å². The molecule has 0 bridgehead atoms. The van der Waals surface area contributed by atoms with Crippen molar-refractivity contribution in [3.8, 4) is 0 Å². The van der Waals surface area contributed by atoms with E-state index < -0.39 is 0 Å². The van der Waals surface area contributed by atoms with Crippen molar-refractivity contribution in [2.45, 2.75) is 0 Å². The number of nitrogen functional groups attached to an aromatic ring is 1. The molecule has 0 aliphatic carbocycles. The number of hydrogen-bond acceptors (Lipinski definition) is 3. The van der Waals surface area contributed by atoms with Crippen LogP contribution in [0.4, 0.5) is 11.4 Å². The summed E-state index contributed by atoms with van der Waals surface area (Å²) in [7, 11) is 0. The highest BCUT2D eigenvalue weighted by molar-refractivity contribution is 6.33. The molecule has 3 aromatic rings. The van der Waals surface area contributed by atoms with Crippen LogP contribution >= 0.6 is 11.6 Å². The third-order valence-corrected chi connectivity index (χ3v) is 3.49. The number of amides is 1. The smallest absolute Gasteiger partial charge is 0.256 e. The fourth-order valence-corrected chi connectivity index (χ4v) is 2.24. The van der Waals surface area contributed by atoms with Gasteiger partial charge in [-0.15, -0.1) is 0 Å². The van der Waals surface area contributed by atoms with Gasteiger partial charge < -0.3 is 11.1 Å². The maximum atomic E-state index is 12.4. The number of fused-ring (bicyclic) bond motifs is 1. The third-order valence-electron chi connectivity index (χ3n) is 3.14. The molecule has 0 aliphatic heterocycles. The molecule has 0 saturated carbocycles. The summed E-state index contributed by atoms with van der Waals surface area (Å²) in [5.41, 5.74) is 8.10. The molecule has 1 aromatic heterocycles. The van der Waals surface area contributed by atoms with Gasteiger partial charge in [-0.2, -0.15) is 0 Å². The molecule has 0 aliphatic rings. The highest BCUT2D eigenvalue weighted by Gasteiger charge is 2.11. The van der Waals surface area contributed by atoms with E-state index in [4.69, 9.17) is 17.3 Å². The van der Waals surface area contributed by atoms with Crippen molar-refractivity contribution in [3.05, 3.63) is 65.3 Å². The number of aromatic nitrogens is 1. The summed E-state index contributed by atoms with van der Waals surface area (Å²) in [5.74, 6) is -0.213. The van der Waals surface area contributed by atoms with E-state index in [1.807, 2.05) is 12.1 Å². The summed E-state index contributed by atoms with van der Waals surface area (Å²) in [4.78, 5) is 16.7. The average Bonchev–Trinajstić information content (AvgIpc) is 2.50. The molecule has 0 radical (unpaired) electrons. The van der Waals surface area contributed by atoms with Crippen molar-refractivity contribution in [1.82, 2.24) is 4.98 Å². The van der Waals surface area contributed by atoms with Gasteiger partial charge in [0.05, 0.1) is 16.2 Å². The Morgan fingerprint density at radius 2 is 2.00 bits per heavy atom. The Morgan fingerprint density at radius 1 is 1.14 bits per heavy atom. The normalized spacial score (nSPS) is 10.5.